The van der Waals surface area contributed by atoms with Crippen molar-refractivity contribution >= 4 is 40.4 Å². The van der Waals surface area contributed by atoms with E-state index in [-0.39, 0.29) is 24.3 Å². The van der Waals surface area contributed by atoms with E-state index in [0.29, 0.717) is 23.0 Å². The number of anilines is 1. The number of carbonyl (C=O) groups is 2. The van der Waals surface area contributed by atoms with Gasteiger partial charge in [-0.15, -0.1) is 10.2 Å². The summed E-state index contributed by atoms with van der Waals surface area (Å²) in [5.74, 6) is -0.258. The highest BCUT2D eigenvalue weighted by Crippen LogP contribution is 2.24. The van der Waals surface area contributed by atoms with Crippen LogP contribution in [-0.4, -0.2) is 52.6 Å². The maximum Gasteiger partial charge on any atom is 0.282 e. The summed E-state index contributed by atoms with van der Waals surface area (Å²) in [5.41, 5.74) is 3.30. The highest BCUT2D eigenvalue weighted by Gasteiger charge is 2.32. The molecule has 1 atom stereocenters. The molecular formula is C27H30ClN5O2S. The lowest BCUT2D eigenvalue weighted by molar-refractivity contribution is -0.117. The van der Waals surface area contributed by atoms with Crippen molar-refractivity contribution in [3.63, 3.8) is 0 Å². The standard InChI is InChI=1S/C27H30ClN5O2S/c28-21-9-4-19(5-10-21)8-13-24-30-31-27(36-24)26(35)29-22-16-25(34)33(18-22)23-11-6-20(7-12-23)17-32-14-2-1-3-15-32/h4-7,9-12,22H,1-3,8,13-18H2,(H,29,35)/t22-/m1/s1. The molecule has 7 nitrogen and oxygen atoms in total. The first-order chi connectivity index (χ1) is 17.5. The SMILES string of the molecule is O=C(N[C@@H]1CC(=O)N(c2ccc(CN3CCCCC3)cc2)C1)c1nnc(CCc2ccc(Cl)cc2)s1. The maximum absolute atomic E-state index is 12.8. The molecule has 0 aliphatic carbocycles. The molecule has 2 saturated heterocycles. The summed E-state index contributed by atoms with van der Waals surface area (Å²) in [6.45, 7) is 3.73. The van der Waals surface area contributed by atoms with E-state index in [9.17, 15) is 9.59 Å². The van der Waals surface area contributed by atoms with Gasteiger partial charge in [0.05, 0.1) is 6.04 Å². The zero-order valence-corrected chi connectivity index (χ0v) is 21.7. The molecule has 9 heteroatoms. The third-order valence-corrected chi connectivity index (χ3v) is 8.00. The Morgan fingerprint density at radius 1 is 0.972 bits per heavy atom. The summed E-state index contributed by atoms with van der Waals surface area (Å²) < 4.78 is 0. The second-order valence-electron chi connectivity index (χ2n) is 9.51. The molecule has 2 fully saturated rings. The first-order valence-electron chi connectivity index (χ1n) is 12.5. The van der Waals surface area contributed by atoms with E-state index in [1.54, 1.807) is 4.90 Å². The van der Waals surface area contributed by atoms with Gasteiger partial charge in [0.15, 0.2) is 0 Å². The summed E-state index contributed by atoms with van der Waals surface area (Å²) in [6.07, 6.45) is 5.66. The number of aryl methyl sites for hydroxylation is 2. The fourth-order valence-corrected chi connectivity index (χ4v) is 5.67. The van der Waals surface area contributed by atoms with Crippen LogP contribution in [0, 0.1) is 0 Å². The number of amides is 2. The monoisotopic (exact) mass is 523 g/mol. The van der Waals surface area contributed by atoms with Gasteiger partial charge in [-0.1, -0.05) is 53.6 Å². The largest absolute Gasteiger partial charge is 0.345 e. The van der Waals surface area contributed by atoms with Crippen LogP contribution >= 0.6 is 22.9 Å². The van der Waals surface area contributed by atoms with Crippen LogP contribution in [0.5, 0.6) is 0 Å². The third-order valence-electron chi connectivity index (χ3n) is 6.77. The van der Waals surface area contributed by atoms with E-state index >= 15 is 0 Å². The van der Waals surface area contributed by atoms with Crippen molar-refractivity contribution < 1.29 is 9.59 Å². The number of nitrogens with zero attached hydrogens (tertiary/aromatic N) is 4. The third kappa shape index (κ3) is 6.30. The maximum atomic E-state index is 12.8. The van der Waals surface area contributed by atoms with Gasteiger partial charge >= 0.3 is 0 Å². The highest BCUT2D eigenvalue weighted by molar-refractivity contribution is 7.13. The molecule has 0 saturated carbocycles. The van der Waals surface area contributed by atoms with Crippen molar-refractivity contribution in [3.05, 3.63) is 74.7 Å². The average Bonchev–Trinajstić information content (AvgIpc) is 3.51. The molecule has 5 rings (SSSR count). The summed E-state index contributed by atoms with van der Waals surface area (Å²) in [6, 6.07) is 15.7. The summed E-state index contributed by atoms with van der Waals surface area (Å²) in [5, 5.41) is 13.1. The van der Waals surface area contributed by atoms with Gasteiger partial charge in [0.1, 0.15) is 5.01 Å². The van der Waals surface area contributed by atoms with Crippen molar-refractivity contribution in [1.82, 2.24) is 20.4 Å². The molecule has 2 aromatic carbocycles. The van der Waals surface area contributed by atoms with Gasteiger partial charge in [-0.05, 0) is 67.7 Å². The Bertz CT molecular complexity index is 1190. The number of aromatic nitrogens is 2. The number of hydrogen-bond donors (Lipinski definition) is 1. The minimum atomic E-state index is -0.276. The summed E-state index contributed by atoms with van der Waals surface area (Å²) in [7, 11) is 0. The fraction of sp³-hybridized carbons (Fsp3) is 0.407. The zero-order chi connectivity index (χ0) is 24.9. The molecule has 0 bridgehead atoms. The molecule has 3 heterocycles. The fourth-order valence-electron chi connectivity index (χ4n) is 4.81. The number of halogens is 1. The van der Waals surface area contributed by atoms with Crippen LogP contribution in [0.25, 0.3) is 0 Å². The molecule has 36 heavy (non-hydrogen) atoms. The lowest BCUT2D eigenvalue weighted by atomic mass is 10.1. The first-order valence-corrected chi connectivity index (χ1v) is 13.7. The Morgan fingerprint density at radius 3 is 2.44 bits per heavy atom. The van der Waals surface area contributed by atoms with Crippen LogP contribution in [0.3, 0.4) is 0 Å². The summed E-state index contributed by atoms with van der Waals surface area (Å²) >= 11 is 7.24. The van der Waals surface area contributed by atoms with E-state index in [0.717, 1.165) is 42.3 Å². The van der Waals surface area contributed by atoms with Gasteiger partial charge in [0.2, 0.25) is 10.9 Å². The summed E-state index contributed by atoms with van der Waals surface area (Å²) in [4.78, 5) is 29.7. The van der Waals surface area contributed by atoms with Crippen molar-refractivity contribution in [2.75, 3.05) is 24.5 Å². The number of rotatable bonds is 8. The number of nitrogens with one attached hydrogen (secondary N) is 1. The molecule has 188 valence electrons. The number of benzene rings is 2. The lowest BCUT2D eigenvalue weighted by Gasteiger charge is -2.26. The van der Waals surface area contributed by atoms with Crippen molar-refractivity contribution in [3.8, 4) is 0 Å². The predicted octanol–water partition coefficient (Wildman–Crippen LogP) is 4.50. The van der Waals surface area contributed by atoms with Crippen molar-refractivity contribution in [2.45, 2.75) is 51.1 Å². The molecule has 0 radical (unpaired) electrons. The molecule has 2 aliphatic heterocycles. The predicted molar refractivity (Wildman–Crippen MR) is 143 cm³/mol. The average molecular weight is 524 g/mol. The quantitative estimate of drug-likeness (QED) is 0.470. The van der Waals surface area contributed by atoms with Crippen LogP contribution in [0.2, 0.25) is 5.02 Å². The van der Waals surface area contributed by atoms with Gasteiger partial charge in [-0.3, -0.25) is 14.5 Å². The Labute approximate surface area is 220 Å². The molecular weight excluding hydrogens is 494 g/mol. The minimum Gasteiger partial charge on any atom is -0.345 e. The molecule has 0 unspecified atom stereocenters. The lowest BCUT2D eigenvalue weighted by Crippen LogP contribution is -2.37. The molecule has 1 N–H and O–H groups in total. The van der Waals surface area contributed by atoms with Crippen LogP contribution in [0.15, 0.2) is 48.5 Å². The molecule has 1 aromatic heterocycles. The van der Waals surface area contributed by atoms with Gasteiger partial charge in [0, 0.05) is 36.6 Å². The molecule has 2 amide bonds. The van der Waals surface area contributed by atoms with Crippen LogP contribution in [0.4, 0.5) is 5.69 Å². The van der Waals surface area contributed by atoms with E-state index < -0.39 is 0 Å². The van der Waals surface area contributed by atoms with E-state index in [2.05, 4.69) is 32.5 Å². The van der Waals surface area contributed by atoms with Crippen molar-refractivity contribution in [1.29, 1.82) is 0 Å². The second-order valence-corrected chi connectivity index (χ2v) is 11.0. The van der Waals surface area contributed by atoms with E-state index in [1.807, 2.05) is 36.4 Å². The normalized spacial score (nSPS) is 18.5. The smallest absolute Gasteiger partial charge is 0.282 e. The Hall–Kier alpha value is -2.81. The van der Waals surface area contributed by atoms with Gasteiger partial charge in [0.25, 0.3) is 5.91 Å². The molecule has 3 aromatic rings. The Balaban J connectivity index is 1.12. The van der Waals surface area contributed by atoms with Crippen molar-refractivity contribution in [2.24, 2.45) is 0 Å². The van der Waals surface area contributed by atoms with Gasteiger partial charge < -0.3 is 10.2 Å². The minimum absolute atomic E-state index is 0.0185. The Morgan fingerprint density at radius 2 is 1.69 bits per heavy atom. The number of hydrogen-bond acceptors (Lipinski definition) is 6. The topological polar surface area (TPSA) is 78.4 Å². The van der Waals surface area contributed by atoms with E-state index in [1.165, 1.54) is 36.2 Å². The van der Waals surface area contributed by atoms with Crippen LogP contribution in [-0.2, 0) is 24.2 Å². The van der Waals surface area contributed by atoms with E-state index in [4.69, 9.17) is 11.6 Å². The second kappa shape index (κ2) is 11.5. The number of carbonyl (C=O) groups excluding carboxylic acids is 2. The van der Waals surface area contributed by atoms with Gasteiger partial charge in [-0.25, -0.2) is 0 Å². The van der Waals surface area contributed by atoms with Crippen LogP contribution < -0.4 is 10.2 Å². The number of likely N-dealkylation sites (tertiary alicyclic amines) is 1. The van der Waals surface area contributed by atoms with Crippen LogP contribution in [0.1, 0.15) is 51.6 Å². The highest BCUT2D eigenvalue weighted by atomic mass is 35.5. The molecule has 2 aliphatic rings. The Kier molecular flexibility index (Phi) is 7.94. The van der Waals surface area contributed by atoms with Gasteiger partial charge in [-0.2, -0.15) is 0 Å². The zero-order valence-electron chi connectivity index (χ0n) is 20.2. The number of piperidine rings is 1. The first kappa shape index (κ1) is 24.9. The molecule has 0 spiro atoms.